The van der Waals surface area contributed by atoms with E-state index in [1.54, 1.807) is 6.08 Å². The summed E-state index contributed by atoms with van der Waals surface area (Å²) in [4.78, 5) is 27.2. The molecule has 5 nitrogen and oxygen atoms in total. The lowest BCUT2D eigenvalue weighted by molar-refractivity contribution is -0.120. The van der Waals surface area contributed by atoms with Crippen LogP contribution in [-0.2, 0) is 20.7 Å². The van der Waals surface area contributed by atoms with Gasteiger partial charge in [0.05, 0.1) is 6.61 Å². The third-order valence-corrected chi connectivity index (χ3v) is 7.03. The lowest BCUT2D eigenvalue weighted by Gasteiger charge is -2.42. The van der Waals surface area contributed by atoms with Crippen molar-refractivity contribution in [2.45, 2.75) is 72.6 Å². The van der Waals surface area contributed by atoms with Gasteiger partial charge >= 0.3 is 0 Å². The SMILES string of the molecule is C#CCOc1c(CC=C)cc(C2C3=C(CC(C)(C)CC3=O)OC3=C2C(=O)CC(C)(C)C3)cc1OCC. The lowest BCUT2D eigenvalue weighted by Crippen LogP contribution is -2.37. The van der Waals surface area contributed by atoms with Gasteiger partial charge in [0.15, 0.2) is 23.1 Å². The van der Waals surface area contributed by atoms with Crippen molar-refractivity contribution in [2.24, 2.45) is 10.8 Å². The van der Waals surface area contributed by atoms with Crippen molar-refractivity contribution in [1.29, 1.82) is 0 Å². The number of carbonyl (C=O) groups excluding carboxylic acids is 2. The van der Waals surface area contributed by atoms with Crippen molar-refractivity contribution in [3.63, 3.8) is 0 Å². The van der Waals surface area contributed by atoms with E-state index in [-0.39, 0.29) is 29.0 Å². The predicted octanol–water partition coefficient (Wildman–Crippen LogP) is 6.23. The molecule has 190 valence electrons. The Kier molecular flexibility index (Phi) is 6.92. The monoisotopic (exact) mass is 488 g/mol. The van der Waals surface area contributed by atoms with Crippen LogP contribution in [0.4, 0.5) is 0 Å². The van der Waals surface area contributed by atoms with E-state index >= 15 is 0 Å². The molecule has 2 aliphatic carbocycles. The van der Waals surface area contributed by atoms with Gasteiger partial charge in [-0.2, -0.15) is 0 Å². The molecule has 0 unspecified atom stereocenters. The minimum atomic E-state index is -0.500. The van der Waals surface area contributed by atoms with E-state index < -0.39 is 5.92 Å². The van der Waals surface area contributed by atoms with Crippen LogP contribution < -0.4 is 9.47 Å². The van der Waals surface area contributed by atoms with Crippen LogP contribution in [0, 0.1) is 23.2 Å². The minimum Gasteiger partial charge on any atom is -0.490 e. The molecule has 1 heterocycles. The topological polar surface area (TPSA) is 61.8 Å². The molecule has 3 aliphatic rings. The van der Waals surface area contributed by atoms with Gasteiger partial charge in [-0.3, -0.25) is 9.59 Å². The summed E-state index contributed by atoms with van der Waals surface area (Å²) in [5, 5.41) is 0. The summed E-state index contributed by atoms with van der Waals surface area (Å²) in [5.74, 6) is 4.59. The first kappa shape index (κ1) is 25.8. The van der Waals surface area contributed by atoms with Crippen molar-refractivity contribution in [1.82, 2.24) is 0 Å². The van der Waals surface area contributed by atoms with Gasteiger partial charge in [-0.1, -0.05) is 45.8 Å². The Labute approximate surface area is 214 Å². The van der Waals surface area contributed by atoms with Gasteiger partial charge in [-0.25, -0.2) is 0 Å². The molecule has 36 heavy (non-hydrogen) atoms. The predicted molar refractivity (Wildman–Crippen MR) is 140 cm³/mol. The van der Waals surface area contributed by atoms with Crippen molar-refractivity contribution in [3.05, 3.63) is 58.6 Å². The second-order valence-corrected chi connectivity index (χ2v) is 11.5. The zero-order chi connectivity index (χ0) is 26.3. The molecule has 1 aliphatic heterocycles. The molecule has 0 radical (unpaired) electrons. The number of benzene rings is 1. The van der Waals surface area contributed by atoms with Gasteiger partial charge < -0.3 is 14.2 Å². The van der Waals surface area contributed by atoms with Crippen LogP contribution in [-0.4, -0.2) is 24.8 Å². The van der Waals surface area contributed by atoms with Crippen molar-refractivity contribution in [3.8, 4) is 23.8 Å². The van der Waals surface area contributed by atoms with Crippen molar-refractivity contribution in [2.75, 3.05) is 13.2 Å². The highest BCUT2D eigenvalue weighted by atomic mass is 16.5. The van der Waals surface area contributed by atoms with Crippen LogP contribution in [0.2, 0.25) is 0 Å². The average molecular weight is 489 g/mol. The highest BCUT2D eigenvalue weighted by Crippen LogP contribution is 2.54. The van der Waals surface area contributed by atoms with Gasteiger partial charge in [-0.05, 0) is 35.8 Å². The highest BCUT2D eigenvalue weighted by molar-refractivity contribution is 6.06. The fourth-order valence-electron chi connectivity index (χ4n) is 5.71. The smallest absolute Gasteiger partial charge is 0.166 e. The Morgan fingerprint density at radius 1 is 1.03 bits per heavy atom. The molecular weight excluding hydrogens is 452 g/mol. The number of ether oxygens (including phenoxy) is 3. The fourth-order valence-corrected chi connectivity index (χ4v) is 5.71. The van der Waals surface area contributed by atoms with E-state index in [4.69, 9.17) is 20.6 Å². The van der Waals surface area contributed by atoms with Crippen LogP contribution in [0.3, 0.4) is 0 Å². The third kappa shape index (κ3) is 4.87. The molecule has 4 rings (SSSR count). The molecule has 0 fully saturated rings. The fraction of sp³-hybridized carbons (Fsp3) is 0.484. The summed E-state index contributed by atoms with van der Waals surface area (Å²) >= 11 is 0. The Morgan fingerprint density at radius 2 is 1.61 bits per heavy atom. The molecular formula is C31H36O5. The molecule has 0 aromatic heterocycles. The van der Waals surface area contributed by atoms with E-state index in [0.29, 0.717) is 72.9 Å². The van der Waals surface area contributed by atoms with E-state index in [1.165, 1.54) is 0 Å². The minimum absolute atomic E-state index is 0.0336. The largest absolute Gasteiger partial charge is 0.490 e. The summed E-state index contributed by atoms with van der Waals surface area (Å²) in [6.45, 7) is 14.7. The second kappa shape index (κ2) is 9.65. The van der Waals surface area contributed by atoms with Crippen LogP contribution in [0.25, 0.3) is 0 Å². The summed E-state index contributed by atoms with van der Waals surface area (Å²) in [7, 11) is 0. The van der Waals surface area contributed by atoms with E-state index in [1.807, 2.05) is 19.1 Å². The maximum atomic E-state index is 13.6. The molecule has 0 saturated carbocycles. The Balaban J connectivity index is 1.96. The summed E-state index contributed by atoms with van der Waals surface area (Å²) in [6.07, 6.45) is 9.89. The van der Waals surface area contributed by atoms with Crippen LogP contribution in [0.5, 0.6) is 11.5 Å². The standard InChI is InChI=1S/C31H36O5/c1-8-11-19-13-20(14-23(34-10-3)29(19)35-12-9-2)26-27-21(32)15-30(4,5)17-24(27)36-25-18-31(6,7)16-22(33)28(25)26/h2,8,13-14,26H,1,10-12,15-18H2,3-7H3. The molecule has 0 saturated heterocycles. The lowest BCUT2D eigenvalue weighted by atomic mass is 9.65. The molecule has 1 aromatic rings. The number of hydrogen-bond donors (Lipinski definition) is 0. The molecule has 0 spiro atoms. The number of terminal acetylenes is 1. The summed E-state index contributed by atoms with van der Waals surface area (Å²) < 4.78 is 18.3. The average Bonchev–Trinajstić information content (AvgIpc) is 2.75. The number of Topliss-reactive ketones (excluding diaryl/α,β-unsaturated/α-hetero) is 2. The molecule has 0 N–H and O–H groups in total. The quantitative estimate of drug-likeness (QED) is 0.337. The van der Waals surface area contributed by atoms with Crippen molar-refractivity contribution >= 4 is 11.6 Å². The Hall–Kier alpha value is -3.26. The Morgan fingerprint density at radius 3 is 2.11 bits per heavy atom. The molecule has 0 atom stereocenters. The van der Waals surface area contributed by atoms with E-state index in [9.17, 15) is 9.59 Å². The zero-order valence-corrected chi connectivity index (χ0v) is 22.1. The number of allylic oxidation sites excluding steroid dienone is 5. The van der Waals surface area contributed by atoms with Crippen molar-refractivity contribution < 1.29 is 23.8 Å². The van der Waals surface area contributed by atoms with Gasteiger partial charge in [0.25, 0.3) is 0 Å². The first-order valence-corrected chi connectivity index (χ1v) is 12.7. The van der Waals surface area contributed by atoms with Gasteiger partial charge in [-0.15, -0.1) is 13.0 Å². The van der Waals surface area contributed by atoms with Crippen LogP contribution in [0.15, 0.2) is 47.5 Å². The number of carbonyl (C=O) groups is 2. The van der Waals surface area contributed by atoms with Crippen LogP contribution in [0.1, 0.15) is 77.3 Å². The van der Waals surface area contributed by atoms with Gasteiger partial charge in [0.1, 0.15) is 18.1 Å². The zero-order valence-electron chi connectivity index (χ0n) is 22.1. The number of hydrogen-bond acceptors (Lipinski definition) is 5. The van der Waals surface area contributed by atoms with E-state index in [0.717, 1.165) is 11.1 Å². The number of ketones is 2. The molecule has 5 heteroatoms. The molecule has 1 aromatic carbocycles. The summed E-state index contributed by atoms with van der Waals surface area (Å²) in [5.41, 5.74) is 2.47. The normalized spacial score (nSPS) is 20.8. The first-order chi connectivity index (χ1) is 17.0. The third-order valence-electron chi connectivity index (χ3n) is 7.03. The van der Waals surface area contributed by atoms with Crippen LogP contribution >= 0.6 is 0 Å². The van der Waals surface area contributed by atoms with E-state index in [2.05, 4.69) is 40.2 Å². The summed E-state index contributed by atoms with van der Waals surface area (Å²) in [6, 6.07) is 3.90. The maximum absolute atomic E-state index is 13.6. The highest BCUT2D eigenvalue weighted by Gasteiger charge is 2.48. The first-order valence-electron chi connectivity index (χ1n) is 12.7. The second-order valence-electron chi connectivity index (χ2n) is 11.5. The molecule has 0 amide bonds. The Bertz CT molecular complexity index is 1170. The van der Waals surface area contributed by atoms with Gasteiger partial charge in [0, 0.05) is 48.3 Å². The maximum Gasteiger partial charge on any atom is 0.166 e. The number of rotatable bonds is 7. The van der Waals surface area contributed by atoms with Gasteiger partial charge in [0.2, 0.25) is 0 Å². The molecule has 0 bridgehead atoms.